The number of hydrogen-bond donors (Lipinski definition) is 2. The minimum atomic E-state index is -0.588. The molecule has 7 rings (SSSR count). The van der Waals surface area contributed by atoms with Gasteiger partial charge in [-0.15, -0.1) is 0 Å². The molecule has 1 saturated heterocycles. The summed E-state index contributed by atoms with van der Waals surface area (Å²) in [5.41, 5.74) is 7.73. The quantitative estimate of drug-likeness (QED) is 0.141. The summed E-state index contributed by atoms with van der Waals surface area (Å²) in [5.74, 6) is -0.0991. The molecule has 0 radical (unpaired) electrons. The molecule has 1 aliphatic rings. The summed E-state index contributed by atoms with van der Waals surface area (Å²) in [6.07, 6.45) is 2.30. The zero-order chi connectivity index (χ0) is 36.0. The largest absolute Gasteiger partial charge is 0.392 e. The number of fused-ring (bicyclic) bond motifs is 1. The summed E-state index contributed by atoms with van der Waals surface area (Å²) < 4.78 is 13.7. The first-order chi connectivity index (χ1) is 25.4. The van der Waals surface area contributed by atoms with Gasteiger partial charge in [0, 0.05) is 43.0 Å². The van der Waals surface area contributed by atoms with Gasteiger partial charge in [0.25, 0.3) is 5.91 Å². The fourth-order valence-corrected chi connectivity index (χ4v) is 7.00. The van der Waals surface area contributed by atoms with Crippen molar-refractivity contribution in [2.24, 2.45) is 5.92 Å². The van der Waals surface area contributed by atoms with Crippen LogP contribution >= 0.6 is 0 Å². The Bertz CT molecular complexity index is 2120. The monoisotopic (exact) mass is 691 g/mol. The summed E-state index contributed by atoms with van der Waals surface area (Å²) in [4.78, 5) is 19.1. The third-order valence-electron chi connectivity index (χ3n) is 10.3. The van der Waals surface area contributed by atoms with Gasteiger partial charge in [0.05, 0.1) is 24.4 Å². The highest BCUT2D eigenvalue weighted by molar-refractivity contribution is 5.93. The van der Waals surface area contributed by atoms with Crippen molar-refractivity contribution < 1.29 is 19.4 Å². The first kappa shape index (κ1) is 35.2. The summed E-state index contributed by atoms with van der Waals surface area (Å²) >= 11 is 0. The van der Waals surface area contributed by atoms with E-state index in [1.807, 2.05) is 30.3 Å². The highest BCUT2D eigenvalue weighted by Crippen LogP contribution is 2.43. The zero-order valence-electron chi connectivity index (χ0n) is 29.9. The van der Waals surface area contributed by atoms with Crippen molar-refractivity contribution in [2.45, 2.75) is 51.5 Å². The van der Waals surface area contributed by atoms with Crippen molar-refractivity contribution in [3.05, 3.63) is 173 Å². The number of aliphatic hydroxyl groups excluding tert-OH is 1. The number of aromatic nitrogens is 1. The molecule has 6 aromatic rings. The topological polar surface area (TPSA) is 83.9 Å². The van der Waals surface area contributed by atoms with Gasteiger partial charge in [-0.2, -0.15) is 0 Å². The minimum Gasteiger partial charge on any atom is -0.392 e. The van der Waals surface area contributed by atoms with Gasteiger partial charge in [-0.1, -0.05) is 104 Å². The Morgan fingerprint density at radius 1 is 0.808 bits per heavy atom. The molecule has 0 bridgehead atoms. The molecule has 52 heavy (non-hydrogen) atoms. The van der Waals surface area contributed by atoms with Crippen LogP contribution in [0.3, 0.4) is 0 Å². The summed E-state index contributed by atoms with van der Waals surface area (Å²) in [6, 6.07) is 43.4. The molecule has 5 aromatic carbocycles. The van der Waals surface area contributed by atoms with Gasteiger partial charge in [-0.05, 0) is 88.5 Å². The van der Waals surface area contributed by atoms with Crippen LogP contribution in [-0.4, -0.2) is 40.6 Å². The molecular formula is C45H45N3O4. The van der Waals surface area contributed by atoms with Gasteiger partial charge in [0.15, 0.2) is 6.29 Å². The molecule has 0 unspecified atom stereocenters. The molecule has 1 amide bonds. The highest BCUT2D eigenvalue weighted by atomic mass is 16.7. The van der Waals surface area contributed by atoms with E-state index < -0.39 is 6.29 Å². The molecular weight excluding hydrogens is 647 g/mol. The van der Waals surface area contributed by atoms with Gasteiger partial charge in [0.1, 0.15) is 0 Å². The number of amides is 1. The molecule has 264 valence electrons. The lowest BCUT2D eigenvalue weighted by molar-refractivity contribution is -0.276. The van der Waals surface area contributed by atoms with E-state index in [2.05, 4.69) is 121 Å². The van der Waals surface area contributed by atoms with E-state index >= 15 is 0 Å². The van der Waals surface area contributed by atoms with E-state index in [4.69, 9.17) is 9.47 Å². The number of nitrogens with zero attached hydrogens (tertiary/aromatic N) is 2. The standard InChI is InChI=1S/C45H45N3O4/c1-30-42(28-48(3)31(2)36-21-20-34-10-4-5-11-38(34)24-36)51-45(52-43(30)35-18-16-32(29-49)17-19-35)40-14-7-13-39(25-40)37-12-6-9-33(23-37)26-47-44(50)41-15-8-22-46-27-41/h4-25,27,30-31,42-43,45,49H,26,28-29H2,1-3H3,(H,47,50)/t30-,31+,42+,43+,45+/m0/s1. The van der Waals surface area contributed by atoms with Gasteiger partial charge in [-0.3, -0.25) is 14.7 Å². The van der Waals surface area contributed by atoms with Gasteiger partial charge < -0.3 is 19.9 Å². The van der Waals surface area contributed by atoms with Crippen molar-refractivity contribution in [2.75, 3.05) is 13.6 Å². The number of benzene rings is 5. The van der Waals surface area contributed by atoms with Gasteiger partial charge >= 0.3 is 0 Å². The van der Waals surface area contributed by atoms with Crippen LogP contribution in [0.25, 0.3) is 21.9 Å². The van der Waals surface area contributed by atoms with Gasteiger partial charge in [-0.25, -0.2) is 0 Å². The predicted octanol–water partition coefficient (Wildman–Crippen LogP) is 8.81. The van der Waals surface area contributed by atoms with Crippen molar-refractivity contribution >= 4 is 16.7 Å². The number of nitrogens with one attached hydrogen (secondary N) is 1. The van der Waals surface area contributed by atoms with E-state index in [1.54, 1.807) is 24.5 Å². The van der Waals surface area contributed by atoms with E-state index in [9.17, 15) is 9.90 Å². The predicted molar refractivity (Wildman–Crippen MR) is 205 cm³/mol. The van der Waals surface area contributed by atoms with Crippen LogP contribution in [-0.2, 0) is 22.6 Å². The lowest BCUT2D eigenvalue weighted by Crippen LogP contribution is -2.44. The fraction of sp³-hybridized carbons (Fsp3) is 0.244. The molecule has 7 nitrogen and oxygen atoms in total. The Labute approximate surface area is 305 Å². The first-order valence-corrected chi connectivity index (χ1v) is 17.9. The lowest BCUT2D eigenvalue weighted by Gasteiger charge is -2.43. The molecule has 7 heteroatoms. The van der Waals surface area contributed by atoms with Crippen LogP contribution in [0.15, 0.2) is 140 Å². The molecule has 0 spiro atoms. The smallest absolute Gasteiger partial charge is 0.253 e. The molecule has 5 atom stereocenters. The maximum absolute atomic E-state index is 12.6. The van der Waals surface area contributed by atoms with Crippen LogP contribution < -0.4 is 5.32 Å². The third kappa shape index (κ3) is 7.98. The Morgan fingerprint density at radius 2 is 1.58 bits per heavy atom. The molecule has 0 aliphatic carbocycles. The van der Waals surface area contributed by atoms with E-state index in [0.29, 0.717) is 18.7 Å². The van der Waals surface area contributed by atoms with Crippen molar-refractivity contribution in [3.63, 3.8) is 0 Å². The van der Waals surface area contributed by atoms with E-state index in [-0.39, 0.29) is 36.7 Å². The first-order valence-electron chi connectivity index (χ1n) is 17.9. The number of rotatable bonds is 11. The second kappa shape index (κ2) is 16.0. The molecule has 1 aromatic heterocycles. The molecule has 1 aliphatic heterocycles. The molecule has 0 saturated carbocycles. The maximum atomic E-state index is 12.6. The Kier molecular flexibility index (Phi) is 10.8. The van der Waals surface area contributed by atoms with Crippen molar-refractivity contribution in [1.29, 1.82) is 0 Å². The molecule has 2 N–H and O–H groups in total. The lowest BCUT2D eigenvalue weighted by atomic mass is 9.89. The molecule has 1 fully saturated rings. The van der Waals surface area contributed by atoms with E-state index in [1.165, 1.54) is 16.3 Å². The Morgan fingerprint density at radius 3 is 2.35 bits per heavy atom. The van der Waals surface area contributed by atoms with Crippen LogP contribution in [0.4, 0.5) is 0 Å². The van der Waals surface area contributed by atoms with Crippen LogP contribution in [0.1, 0.15) is 70.5 Å². The zero-order valence-corrected chi connectivity index (χ0v) is 29.9. The number of ether oxygens (including phenoxy) is 2. The number of hydrogen-bond acceptors (Lipinski definition) is 6. The SMILES string of the molecule is C[C@H]1[C@@H](CN(C)[C@H](C)c2ccc3ccccc3c2)O[C@@H](c2cccc(-c3cccc(CNC(=O)c4cccnc4)c3)c2)O[C@H]1c1ccc(CO)cc1. The normalized spacial score (nSPS) is 19.4. The van der Waals surface area contributed by atoms with Crippen LogP contribution in [0.5, 0.6) is 0 Å². The third-order valence-corrected chi connectivity index (χ3v) is 10.3. The van der Waals surface area contributed by atoms with Crippen LogP contribution in [0.2, 0.25) is 0 Å². The molecule has 2 heterocycles. The summed E-state index contributed by atoms with van der Waals surface area (Å²) in [5, 5.41) is 15.2. The number of carbonyl (C=O) groups is 1. The number of likely N-dealkylation sites (N-methyl/N-ethyl adjacent to an activating group) is 1. The summed E-state index contributed by atoms with van der Waals surface area (Å²) in [7, 11) is 2.16. The summed E-state index contributed by atoms with van der Waals surface area (Å²) in [6.45, 7) is 5.57. The second-order valence-corrected chi connectivity index (χ2v) is 13.8. The van der Waals surface area contributed by atoms with Crippen molar-refractivity contribution in [1.82, 2.24) is 15.2 Å². The highest BCUT2D eigenvalue weighted by Gasteiger charge is 2.39. The minimum absolute atomic E-state index is 0.00194. The number of aliphatic hydroxyl groups is 1. The number of pyridine rings is 1. The average Bonchev–Trinajstić information content (AvgIpc) is 3.20. The van der Waals surface area contributed by atoms with Crippen LogP contribution in [0, 0.1) is 5.92 Å². The maximum Gasteiger partial charge on any atom is 0.253 e. The van der Waals surface area contributed by atoms with E-state index in [0.717, 1.165) is 33.4 Å². The average molecular weight is 692 g/mol. The Hall–Kier alpha value is -5.18. The fourth-order valence-electron chi connectivity index (χ4n) is 7.00. The Balaban J connectivity index is 1.12. The second-order valence-electron chi connectivity index (χ2n) is 13.8. The van der Waals surface area contributed by atoms with Crippen molar-refractivity contribution in [3.8, 4) is 11.1 Å². The number of carbonyl (C=O) groups excluding carboxylic acids is 1. The van der Waals surface area contributed by atoms with Gasteiger partial charge in [0.2, 0.25) is 0 Å².